The van der Waals surface area contributed by atoms with Crippen LogP contribution in [0.25, 0.3) is 0 Å². The van der Waals surface area contributed by atoms with Crippen molar-refractivity contribution in [2.75, 3.05) is 17.5 Å². The number of aryl methyl sites for hydroxylation is 1. The van der Waals surface area contributed by atoms with Crippen molar-refractivity contribution in [3.63, 3.8) is 0 Å². The van der Waals surface area contributed by atoms with Gasteiger partial charge in [-0.1, -0.05) is 12.1 Å². The molecule has 0 radical (unpaired) electrons. The molecule has 7 nitrogen and oxygen atoms in total. The zero-order chi connectivity index (χ0) is 15.7. The number of benzene rings is 1. The first-order valence-electron chi connectivity index (χ1n) is 6.99. The first-order chi connectivity index (χ1) is 10.6. The number of sulfonamides is 1. The van der Waals surface area contributed by atoms with Crippen molar-refractivity contribution in [1.29, 1.82) is 0 Å². The Bertz CT molecular complexity index is 772. The van der Waals surface area contributed by atoms with Crippen molar-refractivity contribution >= 4 is 15.7 Å². The molecular formula is C14H17N3O4S. The van der Waals surface area contributed by atoms with Gasteiger partial charge in [-0.25, -0.2) is 0 Å². The van der Waals surface area contributed by atoms with Crippen LogP contribution in [0.1, 0.15) is 6.92 Å². The zero-order valence-corrected chi connectivity index (χ0v) is 12.9. The first-order valence-corrected chi connectivity index (χ1v) is 8.43. The summed E-state index contributed by atoms with van der Waals surface area (Å²) in [4.78, 5) is 0. The molecule has 0 spiro atoms. The summed E-state index contributed by atoms with van der Waals surface area (Å²) in [6, 6.07) is 8.37. The van der Waals surface area contributed by atoms with Crippen LogP contribution in [0.15, 0.2) is 41.6 Å². The Morgan fingerprint density at radius 3 is 2.86 bits per heavy atom. The molecule has 2 heterocycles. The summed E-state index contributed by atoms with van der Waals surface area (Å²) in [7, 11) is -3.78. The van der Waals surface area contributed by atoms with Crippen LogP contribution in [0.5, 0.6) is 5.75 Å². The third-order valence-electron chi connectivity index (χ3n) is 3.53. The van der Waals surface area contributed by atoms with Crippen LogP contribution in [-0.4, -0.2) is 42.6 Å². The second-order valence-electron chi connectivity index (χ2n) is 4.91. The van der Waals surface area contributed by atoms with Gasteiger partial charge < -0.3 is 9.84 Å². The van der Waals surface area contributed by atoms with E-state index < -0.39 is 16.1 Å². The molecule has 0 amide bonds. The molecule has 1 N–H and O–H groups in total. The van der Waals surface area contributed by atoms with Crippen molar-refractivity contribution in [2.24, 2.45) is 0 Å². The molecule has 3 rings (SSSR count). The van der Waals surface area contributed by atoms with Gasteiger partial charge in [0.1, 0.15) is 11.9 Å². The number of hydrogen-bond acceptors (Lipinski definition) is 5. The van der Waals surface area contributed by atoms with Crippen LogP contribution in [-0.2, 0) is 16.6 Å². The highest BCUT2D eigenvalue weighted by molar-refractivity contribution is 7.92. The molecule has 0 saturated carbocycles. The summed E-state index contributed by atoms with van der Waals surface area (Å²) < 4.78 is 34.3. The van der Waals surface area contributed by atoms with Gasteiger partial charge in [-0.3, -0.25) is 8.99 Å². The van der Waals surface area contributed by atoms with Gasteiger partial charge in [-0.15, -0.1) is 0 Å². The van der Waals surface area contributed by atoms with E-state index in [4.69, 9.17) is 4.74 Å². The average Bonchev–Trinajstić information content (AvgIpc) is 3.03. The topological polar surface area (TPSA) is 84.7 Å². The van der Waals surface area contributed by atoms with E-state index in [1.54, 1.807) is 24.3 Å². The predicted molar refractivity (Wildman–Crippen MR) is 80.4 cm³/mol. The maximum atomic E-state index is 13.0. The van der Waals surface area contributed by atoms with E-state index >= 15 is 0 Å². The highest BCUT2D eigenvalue weighted by Gasteiger charge is 2.35. The molecule has 1 unspecified atom stereocenters. The van der Waals surface area contributed by atoms with Gasteiger partial charge in [0, 0.05) is 6.54 Å². The van der Waals surface area contributed by atoms with E-state index in [1.807, 2.05) is 6.92 Å². The minimum absolute atomic E-state index is 0.0603. The summed E-state index contributed by atoms with van der Waals surface area (Å²) in [6.45, 7) is 2.09. The van der Waals surface area contributed by atoms with Gasteiger partial charge in [0.15, 0.2) is 5.03 Å². The molecule has 0 fully saturated rings. The van der Waals surface area contributed by atoms with Crippen molar-refractivity contribution in [1.82, 2.24) is 9.78 Å². The van der Waals surface area contributed by atoms with Gasteiger partial charge in [-0.05, 0) is 25.1 Å². The summed E-state index contributed by atoms with van der Waals surface area (Å²) in [5.74, 6) is 0.443. The Labute approximate surface area is 128 Å². The second kappa shape index (κ2) is 5.62. The van der Waals surface area contributed by atoms with Crippen molar-refractivity contribution in [3.8, 4) is 5.75 Å². The Kier molecular flexibility index (Phi) is 3.79. The molecule has 1 aliphatic rings. The number of aliphatic hydroxyl groups excluding tert-OH is 1. The number of para-hydroxylation sites is 2. The fraction of sp³-hybridized carbons (Fsp3) is 0.357. The van der Waals surface area contributed by atoms with Crippen LogP contribution < -0.4 is 9.04 Å². The maximum Gasteiger partial charge on any atom is 0.281 e. The number of fused-ring (bicyclic) bond motifs is 1. The smallest absolute Gasteiger partial charge is 0.281 e. The molecule has 1 aliphatic heterocycles. The highest BCUT2D eigenvalue weighted by atomic mass is 32.2. The van der Waals surface area contributed by atoms with Crippen LogP contribution >= 0.6 is 0 Å². The SMILES string of the molecule is CCn1nccc1S(=O)(=O)N1CC(CO)Oc2ccccc21. The molecular weight excluding hydrogens is 306 g/mol. The third kappa shape index (κ3) is 2.34. The summed E-state index contributed by atoms with van der Waals surface area (Å²) in [5, 5.41) is 13.5. The average molecular weight is 323 g/mol. The molecule has 2 aromatic rings. The summed E-state index contributed by atoms with van der Waals surface area (Å²) in [5.41, 5.74) is 0.469. The predicted octanol–water partition coefficient (Wildman–Crippen LogP) is 0.852. The monoisotopic (exact) mass is 323 g/mol. The van der Waals surface area contributed by atoms with Gasteiger partial charge in [-0.2, -0.15) is 13.5 Å². The van der Waals surface area contributed by atoms with Crippen LogP contribution in [0, 0.1) is 0 Å². The Morgan fingerprint density at radius 2 is 2.14 bits per heavy atom. The second-order valence-corrected chi connectivity index (χ2v) is 6.72. The molecule has 0 aliphatic carbocycles. The van der Waals surface area contributed by atoms with Gasteiger partial charge >= 0.3 is 0 Å². The summed E-state index contributed by atoms with van der Waals surface area (Å²) >= 11 is 0. The molecule has 1 aromatic carbocycles. The molecule has 8 heteroatoms. The number of rotatable bonds is 4. The highest BCUT2D eigenvalue weighted by Crippen LogP contribution is 2.36. The molecule has 0 saturated heterocycles. The number of nitrogens with zero attached hydrogens (tertiary/aromatic N) is 3. The molecule has 118 valence electrons. The largest absolute Gasteiger partial charge is 0.484 e. The number of aliphatic hydroxyl groups is 1. The maximum absolute atomic E-state index is 13.0. The Morgan fingerprint density at radius 1 is 1.36 bits per heavy atom. The fourth-order valence-corrected chi connectivity index (χ4v) is 4.15. The normalized spacial score (nSPS) is 17.9. The minimum Gasteiger partial charge on any atom is -0.484 e. The molecule has 22 heavy (non-hydrogen) atoms. The molecule has 1 aromatic heterocycles. The third-order valence-corrected chi connectivity index (χ3v) is 5.33. The van der Waals surface area contributed by atoms with Gasteiger partial charge in [0.05, 0.1) is 25.0 Å². The quantitative estimate of drug-likeness (QED) is 0.902. The molecule has 1 atom stereocenters. The van der Waals surface area contributed by atoms with Gasteiger partial charge in [0.25, 0.3) is 10.0 Å². The standard InChI is InChI=1S/C14H17N3O4S/c1-2-16-14(7-8-15-16)22(19,20)17-9-11(10-18)21-13-6-4-3-5-12(13)17/h3-8,11,18H,2,9-10H2,1H3. The van der Waals surface area contributed by atoms with E-state index in [9.17, 15) is 13.5 Å². The van der Waals surface area contributed by atoms with E-state index in [-0.39, 0.29) is 18.2 Å². The van der Waals surface area contributed by atoms with Crippen molar-refractivity contribution in [2.45, 2.75) is 24.6 Å². The lowest BCUT2D eigenvalue weighted by molar-refractivity contribution is 0.116. The zero-order valence-electron chi connectivity index (χ0n) is 12.1. The number of anilines is 1. The lowest BCUT2D eigenvalue weighted by atomic mass is 10.2. The fourth-order valence-electron chi connectivity index (χ4n) is 2.48. The van der Waals surface area contributed by atoms with Crippen LogP contribution in [0.3, 0.4) is 0 Å². The minimum atomic E-state index is -3.78. The lowest BCUT2D eigenvalue weighted by Gasteiger charge is -2.34. The number of aromatic nitrogens is 2. The number of ether oxygens (including phenoxy) is 1. The first kappa shape index (κ1) is 14.9. The lowest BCUT2D eigenvalue weighted by Crippen LogP contribution is -2.45. The van der Waals surface area contributed by atoms with Crippen LogP contribution in [0.4, 0.5) is 5.69 Å². The van der Waals surface area contributed by atoms with E-state index in [1.165, 1.54) is 21.3 Å². The van der Waals surface area contributed by atoms with Crippen LogP contribution in [0.2, 0.25) is 0 Å². The number of hydrogen-bond donors (Lipinski definition) is 1. The van der Waals surface area contributed by atoms with E-state index in [0.29, 0.717) is 18.0 Å². The van der Waals surface area contributed by atoms with E-state index in [0.717, 1.165) is 0 Å². The van der Waals surface area contributed by atoms with E-state index in [2.05, 4.69) is 5.10 Å². The molecule has 0 bridgehead atoms. The Balaban J connectivity index is 2.10. The van der Waals surface area contributed by atoms with Gasteiger partial charge in [0.2, 0.25) is 0 Å². The summed E-state index contributed by atoms with van der Waals surface area (Å²) in [6.07, 6.45) is 0.870. The van der Waals surface area contributed by atoms with Crippen molar-refractivity contribution < 1.29 is 18.3 Å². The van der Waals surface area contributed by atoms with Crippen molar-refractivity contribution in [3.05, 3.63) is 36.5 Å². The Hall–Kier alpha value is -2.06.